The summed E-state index contributed by atoms with van der Waals surface area (Å²) in [7, 11) is 1.36. The number of aromatic hydroxyl groups is 3. The van der Waals surface area contributed by atoms with Gasteiger partial charge in [-0.05, 0) is 0 Å². The van der Waals surface area contributed by atoms with Gasteiger partial charge in [0.2, 0.25) is 5.43 Å². The largest absolute Gasteiger partial charge is 0.508 e. The maximum Gasteiger partial charge on any atom is 0.208 e. The average molecular weight is 274 g/mol. The van der Waals surface area contributed by atoms with Crippen LogP contribution in [0, 0.1) is 0 Å². The molecule has 3 aromatic rings. The molecule has 3 rings (SSSR count). The zero-order valence-corrected chi connectivity index (χ0v) is 10.4. The molecule has 1 heterocycles. The molecule has 1 aromatic heterocycles. The van der Waals surface area contributed by atoms with Crippen molar-refractivity contribution in [3.63, 3.8) is 0 Å². The van der Waals surface area contributed by atoms with E-state index in [0.29, 0.717) is 0 Å². The van der Waals surface area contributed by atoms with Crippen molar-refractivity contribution in [3.8, 4) is 23.0 Å². The van der Waals surface area contributed by atoms with Crippen molar-refractivity contribution in [2.45, 2.75) is 0 Å². The number of benzene rings is 2. The molecule has 0 bridgehead atoms. The predicted molar refractivity (Wildman–Crippen MR) is 71.5 cm³/mol. The van der Waals surface area contributed by atoms with Crippen molar-refractivity contribution in [1.29, 1.82) is 0 Å². The van der Waals surface area contributed by atoms with E-state index in [1.807, 2.05) is 0 Å². The lowest BCUT2D eigenvalue weighted by Gasteiger charge is -2.08. The van der Waals surface area contributed by atoms with E-state index in [1.54, 1.807) is 0 Å². The van der Waals surface area contributed by atoms with Gasteiger partial charge in [-0.2, -0.15) is 0 Å². The molecule has 102 valence electrons. The van der Waals surface area contributed by atoms with Gasteiger partial charge in [0.25, 0.3) is 0 Å². The van der Waals surface area contributed by atoms with Gasteiger partial charge in [0.05, 0.1) is 7.11 Å². The molecule has 3 N–H and O–H groups in total. The fourth-order valence-electron chi connectivity index (χ4n) is 2.18. The van der Waals surface area contributed by atoms with Gasteiger partial charge in [0, 0.05) is 24.3 Å². The lowest BCUT2D eigenvalue weighted by Crippen LogP contribution is -2.04. The summed E-state index contributed by atoms with van der Waals surface area (Å²) in [5.41, 5.74) is -0.382. The topological polar surface area (TPSA) is 100 Å². The normalized spacial score (nSPS) is 11.1. The van der Waals surface area contributed by atoms with Crippen molar-refractivity contribution in [3.05, 3.63) is 34.5 Å². The van der Waals surface area contributed by atoms with Gasteiger partial charge in [-0.3, -0.25) is 4.79 Å². The van der Waals surface area contributed by atoms with E-state index in [-0.39, 0.29) is 44.9 Å². The van der Waals surface area contributed by atoms with E-state index in [0.717, 1.165) is 6.07 Å². The molecule has 20 heavy (non-hydrogen) atoms. The molecule has 6 heteroatoms. The van der Waals surface area contributed by atoms with E-state index >= 15 is 0 Å². The van der Waals surface area contributed by atoms with Crippen molar-refractivity contribution in [2.24, 2.45) is 0 Å². The summed E-state index contributed by atoms with van der Waals surface area (Å²) in [5, 5.41) is 28.9. The molecule has 0 fully saturated rings. The third-order valence-electron chi connectivity index (χ3n) is 3.01. The summed E-state index contributed by atoms with van der Waals surface area (Å²) in [4.78, 5) is 12.4. The number of ether oxygens (including phenoxy) is 1. The summed E-state index contributed by atoms with van der Waals surface area (Å²) < 4.78 is 10.5. The second kappa shape index (κ2) is 4.06. The van der Waals surface area contributed by atoms with Crippen LogP contribution in [-0.2, 0) is 0 Å². The van der Waals surface area contributed by atoms with Crippen molar-refractivity contribution < 1.29 is 24.5 Å². The Balaban J connectivity index is 2.61. The summed E-state index contributed by atoms with van der Waals surface area (Å²) >= 11 is 0. The quantitative estimate of drug-likeness (QED) is 0.587. The second-order valence-corrected chi connectivity index (χ2v) is 4.29. The first kappa shape index (κ1) is 12.2. The molecule has 0 atom stereocenters. The highest BCUT2D eigenvalue weighted by Crippen LogP contribution is 2.34. The lowest BCUT2D eigenvalue weighted by atomic mass is 10.1. The highest BCUT2D eigenvalue weighted by molar-refractivity contribution is 5.96. The zero-order valence-electron chi connectivity index (χ0n) is 10.4. The zero-order chi connectivity index (χ0) is 14.4. The fraction of sp³-hybridized carbons (Fsp3) is 0.0714. The molecule has 0 amide bonds. The van der Waals surface area contributed by atoms with E-state index in [9.17, 15) is 20.1 Å². The number of phenolic OH excluding ortho intramolecular Hbond substituents is 3. The van der Waals surface area contributed by atoms with Gasteiger partial charge in [-0.15, -0.1) is 0 Å². The molecule has 0 aliphatic rings. The Morgan fingerprint density at radius 1 is 0.950 bits per heavy atom. The predicted octanol–water partition coefficient (Wildman–Crippen LogP) is 2.07. The molecule has 6 nitrogen and oxygen atoms in total. The van der Waals surface area contributed by atoms with Gasteiger partial charge >= 0.3 is 0 Å². The van der Waals surface area contributed by atoms with Crippen LogP contribution in [0.3, 0.4) is 0 Å². The van der Waals surface area contributed by atoms with Crippen LogP contribution in [0.1, 0.15) is 0 Å². The molecular formula is C14H10O6. The van der Waals surface area contributed by atoms with Crippen LogP contribution in [0.5, 0.6) is 23.0 Å². The standard InChI is InChI=1S/C14H10O6/c1-19-9-3-7(16)5-11-13(9)14(18)12-8(17)2-6(15)4-10(12)20-11/h2-5,15-17H,1H3. The minimum atomic E-state index is -0.504. The minimum Gasteiger partial charge on any atom is -0.508 e. The molecule has 0 saturated carbocycles. The van der Waals surface area contributed by atoms with Gasteiger partial charge in [0.1, 0.15) is 44.9 Å². The second-order valence-electron chi connectivity index (χ2n) is 4.29. The Kier molecular flexibility index (Phi) is 2.47. The summed E-state index contributed by atoms with van der Waals surface area (Å²) in [6.07, 6.45) is 0. The van der Waals surface area contributed by atoms with Crippen molar-refractivity contribution in [1.82, 2.24) is 0 Å². The van der Waals surface area contributed by atoms with E-state index < -0.39 is 5.43 Å². The first-order chi connectivity index (χ1) is 9.51. The first-order valence-electron chi connectivity index (χ1n) is 5.70. The molecule has 0 saturated heterocycles. The Bertz CT molecular complexity index is 894. The summed E-state index contributed by atoms with van der Waals surface area (Å²) in [6.45, 7) is 0. The van der Waals surface area contributed by atoms with Crippen LogP contribution >= 0.6 is 0 Å². The Morgan fingerprint density at radius 2 is 1.55 bits per heavy atom. The molecule has 0 unspecified atom stereocenters. The maximum atomic E-state index is 12.4. The van der Waals surface area contributed by atoms with Crippen LogP contribution in [0.25, 0.3) is 21.9 Å². The number of phenols is 3. The third kappa shape index (κ3) is 1.62. The van der Waals surface area contributed by atoms with Crippen LogP contribution in [0.15, 0.2) is 33.5 Å². The minimum absolute atomic E-state index is 0.0210. The van der Waals surface area contributed by atoms with Gasteiger partial charge < -0.3 is 24.5 Å². The van der Waals surface area contributed by atoms with Crippen LogP contribution < -0.4 is 10.2 Å². The van der Waals surface area contributed by atoms with E-state index in [2.05, 4.69) is 0 Å². The van der Waals surface area contributed by atoms with Crippen LogP contribution in [0.4, 0.5) is 0 Å². The third-order valence-corrected chi connectivity index (χ3v) is 3.01. The molecule has 0 radical (unpaired) electrons. The molecular weight excluding hydrogens is 264 g/mol. The fourth-order valence-corrected chi connectivity index (χ4v) is 2.18. The summed E-state index contributed by atoms with van der Waals surface area (Å²) in [5.74, 6) is -0.597. The number of fused-ring (bicyclic) bond motifs is 2. The molecule has 0 spiro atoms. The monoisotopic (exact) mass is 274 g/mol. The number of hydrogen-bond acceptors (Lipinski definition) is 6. The van der Waals surface area contributed by atoms with Crippen LogP contribution in [0.2, 0.25) is 0 Å². The van der Waals surface area contributed by atoms with Gasteiger partial charge in [-0.25, -0.2) is 0 Å². The lowest BCUT2D eigenvalue weighted by molar-refractivity contribution is 0.411. The smallest absolute Gasteiger partial charge is 0.208 e. The molecule has 0 aliphatic heterocycles. The number of methoxy groups -OCH3 is 1. The summed E-state index contributed by atoms with van der Waals surface area (Å²) in [6, 6.07) is 4.81. The molecule has 2 aromatic carbocycles. The SMILES string of the molecule is COc1cc(O)cc2oc3cc(O)cc(O)c3c(=O)c12. The Morgan fingerprint density at radius 3 is 2.20 bits per heavy atom. The molecule has 0 aliphatic carbocycles. The van der Waals surface area contributed by atoms with Gasteiger partial charge in [0.15, 0.2) is 0 Å². The van der Waals surface area contributed by atoms with Crippen molar-refractivity contribution in [2.75, 3.05) is 7.11 Å². The highest BCUT2D eigenvalue weighted by Gasteiger charge is 2.17. The first-order valence-corrected chi connectivity index (χ1v) is 5.70. The highest BCUT2D eigenvalue weighted by atomic mass is 16.5. The maximum absolute atomic E-state index is 12.4. The van der Waals surface area contributed by atoms with Crippen molar-refractivity contribution >= 4 is 21.9 Å². The number of rotatable bonds is 1. The van der Waals surface area contributed by atoms with E-state index in [4.69, 9.17) is 9.15 Å². The Hall–Kier alpha value is -2.89. The average Bonchev–Trinajstić information content (AvgIpc) is 2.36. The van der Waals surface area contributed by atoms with Crippen LogP contribution in [-0.4, -0.2) is 22.4 Å². The number of hydrogen-bond donors (Lipinski definition) is 3. The Labute approximate surface area is 112 Å². The van der Waals surface area contributed by atoms with E-state index in [1.165, 1.54) is 25.3 Å². The van der Waals surface area contributed by atoms with Gasteiger partial charge in [-0.1, -0.05) is 0 Å².